The fourth-order valence-electron chi connectivity index (χ4n) is 1.28. The Balaban J connectivity index is 3.67. The molecule has 0 N–H and O–H groups in total. The van der Waals surface area contributed by atoms with Crippen LogP contribution in [0.2, 0.25) is 0 Å². The third-order valence-electron chi connectivity index (χ3n) is 2.04. The van der Waals surface area contributed by atoms with Crippen molar-refractivity contribution in [1.29, 1.82) is 5.26 Å². The molecule has 10 heavy (non-hydrogen) atoms. The van der Waals surface area contributed by atoms with Gasteiger partial charge in [0, 0.05) is 5.92 Å². The molecule has 0 aliphatic rings. The van der Waals surface area contributed by atoms with Gasteiger partial charge in [0.25, 0.3) is 0 Å². The van der Waals surface area contributed by atoms with Crippen molar-refractivity contribution >= 4 is 0 Å². The summed E-state index contributed by atoms with van der Waals surface area (Å²) in [6.07, 6.45) is 3.38. The third kappa shape index (κ3) is 2.87. The van der Waals surface area contributed by atoms with Gasteiger partial charge in [-0.1, -0.05) is 27.2 Å². The molecule has 0 aromatic carbocycles. The molecule has 0 bridgehead atoms. The molecule has 2 unspecified atom stereocenters. The third-order valence-corrected chi connectivity index (χ3v) is 2.04. The summed E-state index contributed by atoms with van der Waals surface area (Å²) in [4.78, 5) is 0. The molecule has 0 aromatic rings. The summed E-state index contributed by atoms with van der Waals surface area (Å²) in [6.45, 7) is 6.42. The van der Waals surface area contributed by atoms with Crippen molar-refractivity contribution < 1.29 is 0 Å². The Hall–Kier alpha value is -0.510. The van der Waals surface area contributed by atoms with Crippen molar-refractivity contribution in [3.8, 4) is 6.07 Å². The van der Waals surface area contributed by atoms with Crippen molar-refractivity contribution in [1.82, 2.24) is 0 Å². The lowest BCUT2D eigenvalue weighted by molar-refractivity contribution is 0.396. The molecule has 0 spiro atoms. The number of hydrogen-bond acceptors (Lipinski definition) is 1. The van der Waals surface area contributed by atoms with E-state index in [2.05, 4.69) is 26.8 Å². The Kier molecular flexibility index (Phi) is 5.02. The second-order valence-corrected chi connectivity index (χ2v) is 2.91. The van der Waals surface area contributed by atoms with Gasteiger partial charge in [0.1, 0.15) is 0 Å². The minimum atomic E-state index is 0.278. The number of rotatable bonds is 4. The van der Waals surface area contributed by atoms with E-state index in [9.17, 15) is 0 Å². The van der Waals surface area contributed by atoms with Gasteiger partial charge in [-0.05, 0) is 18.8 Å². The van der Waals surface area contributed by atoms with E-state index in [1.165, 1.54) is 12.8 Å². The Morgan fingerprint density at radius 1 is 1.40 bits per heavy atom. The van der Waals surface area contributed by atoms with E-state index in [1.54, 1.807) is 0 Å². The van der Waals surface area contributed by atoms with Gasteiger partial charge in [-0.3, -0.25) is 0 Å². The van der Waals surface area contributed by atoms with E-state index < -0.39 is 0 Å². The molecule has 0 heterocycles. The van der Waals surface area contributed by atoms with Crippen molar-refractivity contribution in [3.05, 3.63) is 0 Å². The molecule has 1 nitrogen and oxygen atoms in total. The van der Waals surface area contributed by atoms with E-state index in [-0.39, 0.29) is 5.92 Å². The van der Waals surface area contributed by atoms with Crippen LogP contribution in [0.15, 0.2) is 0 Å². The Morgan fingerprint density at radius 3 is 2.30 bits per heavy atom. The molecule has 0 radical (unpaired) electrons. The first-order valence-electron chi connectivity index (χ1n) is 4.15. The second-order valence-electron chi connectivity index (χ2n) is 2.91. The van der Waals surface area contributed by atoms with E-state index in [1.807, 2.05) is 0 Å². The Morgan fingerprint density at radius 2 is 2.00 bits per heavy atom. The largest absolute Gasteiger partial charge is 0.198 e. The standard InChI is InChI=1S/C9H17N/c1-4-6-8(3)9(5-2)7-10/h8-9H,4-6H2,1-3H3. The molecule has 0 rings (SSSR count). The van der Waals surface area contributed by atoms with Crippen LogP contribution < -0.4 is 0 Å². The van der Waals surface area contributed by atoms with Crippen LogP contribution in [0, 0.1) is 23.2 Å². The smallest absolute Gasteiger partial charge is 0.0658 e. The number of nitriles is 1. The quantitative estimate of drug-likeness (QED) is 0.587. The fourth-order valence-corrected chi connectivity index (χ4v) is 1.28. The van der Waals surface area contributed by atoms with Crippen LogP contribution in [-0.2, 0) is 0 Å². The average molecular weight is 139 g/mol. The molecule has 0 aliphatic heterocycles. The molecule has 0 saturated carbocycles. The first-order chi connectivity index (χ1) is 4.76. The highest BCUT2D eigenvalue weighted by atomic mass is 14.3. The summed E-state index contributed by atoms with van der Waals surface area (Å²) < 4.78 is 0. The van der Waals surface area contributed by atoms with Crippen LogP contribution in [0.5, 0.6) is 0 Å². The predicted octanol–water partition coefficient (Wildman–Crippen LogP) is 2.97. The molecular weight excluding hydrogens is 122 g/mol. The molecule has 0 aromatic heterocycles. The lowest BCUT2D eigenvalue weighted by atomic mass is 9.89. The summed E-state index contributed by atoms with van der Waals surface area (Å²) in [5, 5.41) is 8.67. The first-order valence-corrected chi connectivity index (χ1v) is 4.15. The maximum absolute atomic E-state index is 8.67. The summed E-state index contributed by atoms with van der Waals surface area (Å²) >= 11 is 0. The summed E-state index contributed by atoms with van der Waals surface area (Å²) in [6, 6.07) is 2.34. The summed E-state index contributed by atoms with van der Waals surface area (Å²) in [7, 11) is 0. The van der Waals surface area contributed by atoms with Crippen LogP contribution in [0.25, 0.3) is 0 Å². The lowest BCUT2D eigenvalue weighted by Gasteiger charge is -2.13. The molecule has 0 fully saturated rings. The highest BCUT2D eigenvalue weighted by molar-refractivity contribution is 4.84. The van der Waals surface area contributed by atoms with E-state index >= 15 is 0 Å². The molecule has 0 saturated heterocycles. The van der Waals surface area contributed by atoms with Gasteiger partial charge in [0.05, 0.1) is 6.07 Å². The second kappa shape index (κ2) is 5.29. The molecule has 58 valence electrons. The highest BCUT2D eigenvalue weighted by Crippen LogP contribution is 2.18. The van der Waals surface area contributed by atoms with E-state index in [0.29, 0.717) is 5.92 Å². The zero-order chi connectivity index (χ0) is 7.98. The number of nitrogens with zero attached hydrogens (tertiary/aromatic N) is 1. The molecular formula is C9H17N. The van der Waals surface area contributed by atoms with E-state index in [0.717, 1.165) is 6.42 Å². The van der Waals surface area contributed by atoms with Crippen molar-refractivity contribution in [2.24, 2.45) is 11.8 Å². The van der Waals surface area contributed by atoms with Gasteiger partial charge in [-0.2, -0.15) is 5.26 Å². The van der Waals surface area contributed by atoms with Crippen LogP contribution >= 0.6 is 0 Å². The molecule has 2 atom stereocenters. The topological polar surface area (TPSA) is 23.8 Å². The molecule has 1 heteroatoms. The maximum atomic E-state index is 8.67. The normalized spacial score (nSPS) is 15.8. The van der Waals surface area contributed by atoms with Crippen molar-refractivity contribution in [2.45, 2.75) is 40.0 Å². The van der Waals surface area contributed by atoms with Crippen LogP contribution in [0.3, 0.4) is 0 Å². The van der Waals surface area contributed by atoms with Crippen LogP contribution in [0.4, 0.5) is 0 Å². The van der Waals surface area contributed by atoms with Crippen molar-refractivity contribution in [2.75, 3.05) is 0 Å². The average Bonchev–Trinajstić information content (AvgIpc) is 1.91. The molecule has 0 aliphatic carbocycles. The van der Waals surface area contributed by atoms with Gasteiger partial charge < -0.3 is 0 Å². The van der Waals surface area contributed by atoms with Gasteiger partial charge in [0.2, 0.25) is 0 Å². The fraction of sp³-hybridized carbons (Fsp3) is 0.889. The summed E-state index contributed by atoms with van der Waals surface area (Å²) in [5.74, 6) is 0.861. The van der Waals surface area contributed by atoms with Gasteiger partial charge in [-0.25, -0.2) is 0 Å². The SMILES string of the molecule is CCCC(C)C(C#N)CC. The zero-order valence-corrected chi connectivity index (χ0v) is 7.22. The minimum Gasteiger partial charge on any atom is -0.198 e. The number of hydrogen-bond donors (Lipinski definition) is 0. The maximum Gasteiger partial charge on any atom is 0.0658 e. The monoisotopic (exact) mass is 139 g/mol. The van der Waals surface area contributed by atoms with Crippen LogP contribution in [0.1, 0.15) is 40.0 Å². The highest BCUT2D eigenvalue weighted by Gasteiger charge is 2.12. The Bertz CT molecular complexity index is 112. The van der Waals surface area contributed by atoms with Gasteiger partial charge in [0.15, 0.2) is 0 Å². The lowest BCUT2D eigenvalue weighted by Crippen LogP contribution is -2.07. The van der Waals surface area contributed by atoms with Gasteiger partial charge >= 0.3 is 0 Å². The molecule has 0 amide bonds. The Labute approximate surface area is 64.1 Å². The summed E-state index contributed by atoms with van der Waals surface area (Å²) in [5.41, 5.74) is 0. The zero-order valence-electron chi connectivity index (χ0n) is 7.22. The van der Waals surface area contributed by atoms with Gasteiger partial charge in [-0.15, -0.1) is 0 Å². The first kappa shape index (κ1) is 9.49. The minimum absolute atomic E-state index is 0.278. The van der Waals surface area contributed by atoms with E-state index in [4.69, 9.17) is 5.26 Å². The van der Waals surface area contributed by atoms with Crippen LogP contribution in [-0.4, -0.2) is 0 Å². The predicted molar refractivity (Wildman–Crippen MR) is 43.5 cm³/mol. The van der Waals surface area contributed by atoms with Crippen molar-refractivity contribution in [3.63, 3.8) is 0 Å².